The molecule has 1 heterocycles. The largest absolute Gasteiger partial charge is 0.328 e. The summed E-state index contributed by atoms with van der Waals surface area (Å²) in [6.07, 6.45) is 3.83. The van der Waals surface area contributed by atoms with Gasteiger partial charge < -0.3 is 4.57 Å². The predicted octanol–water partition coefficient (Wildman–Crippen LogP) is 0.464. The number of rotatable bonds is 5. The minimum Gasteiger partial charge on any atom is -0.328 e. The Balaban J connectivity index is 2.53. The Hall–Kier alpha value is -0.970. The molecule has 0 fully saturated rings. The lowest BCUT2D eigenvalue weighted by Crippen LogP contribution is -2.10. The smallest absolute Gasteiger partial charge is 0.168 e. The summed E-state index contributed by atoms with van der Waals surface area (Å²) in [5.74, 6) is 1.23. The molecule has 0 spiro atoms. The fraction of sp³-hybridized carbons (Fsp3) is 0.500. The molecule has 0 saturated carbocycles. The molecule has 1 rings (SSSR count). The molecule has 0 bridgehead atoms. The van der Waals surface area contributed by atoms with Crippen LogP contribution in [0, 0.1) is 0 Å². The first-order valence-electron chi connectivity index (χ1n) is 4.08. The Labute approximate surface area is 79.4 Å². The summed E-state index contributed by atoms with van der Waals surface area (Å²) in [4.78, 5) is 14.3. The van der Waals surface area contributed by atoms with E-state index in [0.717, 1.165) is 6.29 Å². The van der Waals surface area contributed by atoms with Crippen molar-refractivity contribution >= 4 is 17.1 Å². The molecule has 1 aromatic heterocycles. The molecule has 13 heavy (non-hydrogen) atoms. The zero-order valence-corrected chi connectivity index (χ0v) is 8.29. The molecule has 0 aromatic carbocycles. The van der Waals surface area contributed by atoms with Crippen molar-refractivity contribution in [2.24, 2.45) is 0 Å². The number of imidazole rings is 1. The van der Waals surface area contributed by atoms with E-state index in [-0.39, 0.29) is 0 Å². The van der Waals surface area contributed by atoms with Crippen molar-refractivity contribution in [2.75, 3.05) is 11.5 Å². The molecule has 72 valence electrons. The van der Waals surface area contributed by atoms with Gasteiger partial charge in [0, 0.05) is 28.9 Å². The molecule has 0 aliphatic carbocycles. The van der Waals surface area contributed by atoms with Gasteiger partial charge in [0.05, 0.1) is 12.5 Å². The molecule has 1 aromatic rings. The molecule has 0 radical (unpaired) electrons. The van der Waals surface area contributed by atoms with Gasteiger partial charge in [-0.15, -0.1) is 0 Å². The predicted molar refractivity (Wildman–Crippen MR) is 51.2 cm³/mol. The summed E-state index contributed by atoms with van der Waals surface area (Å²) >= 11 is 0. The Kier molecular flexibility index (Phi) is 3.82. The maximum absolute atomic E-state index is 11.1. The van der Waals surface area contributed by atoms with Gasteiger partial charge in [-0.2, -0.15) is 0 Å². The van der Waals surface area contributed by atoms with Crippen LogP contribution >= 0.6 is 0 Å². The molecule has 0 amide bonds. The minimum absolute atomic E-state index is 0.535. The van der Waals surface area contributed by atoms with Crippen molar-refractivity contribution in [3.8, 4) is 0 Å². The van der Waals surface area contributed by atoms with E-state index in [4.69, 9.17) is 0 Å². The molecule has 1 unspecified atom stereocenters. The van der Waals surface area contributed by atoms with E-state index in [2.05, 4.69) is 4.98 Å². The number of hydrogen-bond acceptors (Lipinski definition) is 3. The third kappa shape index (κ3) is 2.77. The third-order valence-electron chi connectivity index (χ3n) is 1.75. The number of aromatic nitrogens is 2. The number of hydrogen-bond donors (Lipinski definition) is 0. The summed E-state index contributed by atoms with van der Waals surface area (Å²) in [6.45, 7) is 2.47. The van der Waals surface area contributed by atoms with Gasteiger partial charge in [-0.3, -0.25) is 9.00 Å². The maximum atomic E-state index is 11.1. The van der Waals surface area contributed by atoms with Gasteiger partial charge in [-0.05, 0) is 0 Å². The SMILES string of the molecule is CCS(=O)CCn1cncc1C=O. The number of aryl methyl sites for hydroxylation is 1. The van der Waals surface area contributed by atoms with Crippen molar-refractivity contribution in [2.45, 2.75) is 13.5 Å². The Morgan fingerprint density at radius 3 is 3.08 bits per heavy atom. The van der Waals surface area contributed by atoms with Crippen molar-refractivity contribution in [3.05, 3.63) is 18.2 Å². The Morgan fingerprint density at radius 1 is 1.69 bits per heavy atom. The minimum atomic E-state index is -0.786. The fourth-order valence-electron chi connectivity index (χ4n) is 0.960. The highest BCUT2D eigenvalue weighted by Crippen LogP contribution is 1.96. The highest BCUT2D eigenvalue weighted by atomic mass is 32.2. The highest BCUT2D eigenvalue weighted by Gasteiger charge is 2.01. The second-order valence-electron chi connectivity index (χ2n) is 2.56. The normalized spacial score (nSPS) is 12.7. The maximum Gasteiger partial charge on any atom is 0.168 e. The van der Waals surface area contributed by atoms with E-state index >= 15 is 0 Å². The van der Waals surface area contributed by atoms with Crippen LogP contribution in [0.15, 0.2) is 12.5 Å². The molecule has 0 N–H and O–H groups in total. The molecule has 4 nitrogen and oxygen atoms in total. The quantitative estimate of drug-likeness (QED) is 0.649. The molecule has 0 aliphatic rings. The first-order chi connectivity index (χ1) is 6.27. The molecule has 0 aliphatic heterocycles. The van der Waals surface area contributed by atoms with Crippen molar-refractivity contribution < 1.29 is 9.00 Å². The fourth-order valence-corrected chi connectivity index (χ4v) is 1.65. The first kappa shape index (κ1) is 10.1. The lowest BCUT2D eigenvalue weighted by atomic mass is 10.5. The van der Waals surface area contributed by atoms with Crippen LogP contribution in [0.1, 0.15) is 17.4 Å². The zero-order valence-electron chi connectivity index (χ0n) is 7.47. The highest BCUT2D eigenvalue weighted by molar-refractivity contribution is 7.84. The van der Waals surface area contributed by atoms with Crippen LogP contribution in [0.2, 0.25) is 0 Å². The van der Waals surface area contributed by atoms with Gasteiger partial charge >= 0.3 is 0 Å². The van der Waals surface area contributed by atoms with Gasteiger partial charge in [0.1, 0.15) is 5.69 Å². The standard InChI is InChI=1S/C8H12N2O2S/c1-2-13(12)4-3-10-7-9-5-8(10)6-11/h5-7H,2-4H2,1H3. The van der Waals surface area contributed by atoms with Gasteiger partial charge in [0.15, 0.2) is 6.29 Å². The van der Waals surface area contributed by atoms with Crippen LogP contribution < -0.4 is 0 Å². The number of carbonyl (C=O) groups is 1. The molecule has 1 atom stereocenters. The first-order valence-corrected chi connectivity index (χ1v) is 5.57. The van der Waals surface area contributed by atoms with Crippen molar-refractivity contribution in [3.63, 3.8) is 0 Å². The molecule has 0 saturated heterocycles. The summed E-state index contributed by atoms with van der Waals surface area (Å²) < 4.78 is 12.8. The van der Waals surface area contributed by atoms with Gasteiger partial charge in [0.25, 0.3) is 0 Å². The third-order valence-corrected chi connectivity index (χ3v) is 3.03. The van der Waals surface area contributed by atoms with Crippen molar-refractivity contribution in [1.82, 2.24) is 9.55 Å². The number of nitrogens with zero attached hydrogens (tertiary/aromatic N) is 2. The van der Waals surface area contributed by atoms with Crippen LogP contribution in [0.25, 0.3) is 0 Å². The zero-order chi connectivity index (χ0) is 9.68. The molecular weight excluding hydrogens is 188 g/mol. The van der Waals surface area contributed by atoms with Crippen LogP contribution in [-0.4, -0.2) is 31.6 Å². The van der Waals surface area contributed by atoms with Crippen LogP contribution in [-0.2, 0) is 17.3 Å². The van der Waals surface area contributed by atoms with E-state index in [1.165, 1.54) is 6.20 Å². The summed E-state index contributed by atoms with van der Waals surface area (Å²) in [5.41, 5.74) is 0.535. The monoisotopic (exact) mass is 200 g/mol. The van der Waals surface area contributed by atoms with Gasteiger partial charge in [-0.1, -0.05) is 6.92 Å². The second kappa shape index (κ2) is 4.91. The van der Waals surface area contributed by atoms with E-state index in [1.54, 1.807) is 10.9 Å². The summed E-state index contributed by atoms with van der Waals surface area (Å²) in [6, 6.07) is 0. The Morgan fingerprint density at radius 2 is 2.46 bits per heavy atom. The number of aldehydes is 1. The topological polar surface area (TPSA) is 52.0 Å². The lowest BCUT2D eigenvalue weighted by molar-refractivity contribution is 0.111. The Bertz CT molecular complexity index is 309. The molecule has 5 heteroatoms. The van der Waals surface area contributed by atoms with Gasteiger partial charge in [0.2, 0.25) is 0 Å². The average Bonchev–Trinajstić information content (AvgIpc) is 2.61. The molecular formula is C8H12N2O2S. The van der Waals surface area contributed by atoms with Gasteiger partial charge in [-0.25, -0.2) is 4.98 Å². The van der Waals surface area contributed by atoms with Crippen LogP contribution in [0.4, 0.5) is 0 Å². The van der Waals surface area contributed by atoms with Crippen molar-refractivity contribution in [1.29, 1.82) is 0 Å². The van der Waals surface area contributed by atoms with Crippen LogP contribution in [0.5, 0.6) is 0 Å². The second-order valence-corrected chi connectivity index (χ2v) is 4.43. The van der Waals surface area contributed by atoms with E-state index in [0.29, 0.717) is 23.7 Å². The van der Waals surface area contributed by atoms with E-state index in [9.17, 15) is 9.00 Å². The summed E-state index contributed by atoms with van der Waals surface area (Å²) in [7, 11) is -0.786. The summed E-state index contributed by atoms with van der Waals surface area (Å²) in [5, 5.41) is 0. The van der Waals surface area contributed by atoms with E-state index in [1.807, 2.05) is 6.92 Å². The number of carbonyl (C=O) groups excluding carboxylic acids is 1. The average molecular weight is 200 g/mol. The van der Waals surface area contributed by atoms with E-state index < -0.39 is 10.8 Å². The van der Waals surface area contributed by atoms with Crippen LogP contribution in [0.3, 0.4) is 0 Å². The lowest BCUT2D eigenvalue weighted by Gasteiger charge is -2.02.